The third kappa shape index (κ3) is 6.05. The van der Waals surface area contributed by atoms with Crippen LogP contribution >= 0.6 is 0 Å². The number of amides is 2. The van der Waals surface area contributed by atoms with Crippen LogP contribution in [0.5, 0.6) is 0 Å². The summed E-state index contributed by atoms with van der Waals surface area (Å²) in [7, 11) is 1.95. The average molecular weight is 269 g/mol. The fourth-order valence-corrected chi connectivity index (χ4v) is 2.77. The molecule has 0 spiro atoms. The molecule has 5 nitrogen and oxygen atoms in total. The highest BCUT2D eigenvalue weighted by Gasteiger charge is 2.32. The summed E-state index contributed by atoms with van der Waals surface area (Å²) in [6.07, 6.45) is 8.35. The van der Waals surface area contributed by atoms with Crippen molar-refractivity contribution in [3.63, 3.8) is 0 Å². The SMILES string of the molecule is CNC1(CC(=O)NCCCCC(N)=O)CCCCC1. The van der Waals surface area contributed by atoms with Gasteiger partial charge in [0.05, 0.1) is 0 Å². The van der Waals surface area contributed by atoms with E-state index in [0.29, 0.717) is 19.4 Å². The van der Waals surface area contributed by atoms with Crippen molar-refractivity contribution in [1.29, 1.82) is 0 Å². The average Bonchev–Trinajstić information content (AvgIpc) is 2.39. The van der Waals surface area contributed by atoms with Gasteiger partial charge in [-0.15, -0.1) is 0 Å². The lowest BCUT2D eigenvalue weighted by molar-refractivity contribution is -0.122. The number of unbranched alkanes of at least 4 members (excludes halogenated alkanes) is 1. The highest BCUT2D eigenvalue weighted by Crippen LogP contribution is 2.30. The van der Waals surface area contributed by atoms with Gasteiger partial charge in [0.1, 0.15) is 0 Å². The van der Waals surface area contributed by atoms with Crippen LogP contribution in [0.15, 0.2) is 0 Å². The van der Waals surface area contributed by atoms with Gasteiger partial charge < -0.3 is 16.4 Å². The number of nitrogens with two attached hydrogens (primary N) is 1. The Morgan fingerprint density at radius 1 is 1.16 bits per heavy atom. The van der Waals surface area contributed by atoms with Crippen molar-refractivity contribution in [3.8, 4) is 0 Å². The summed E-state index contributed by atoms with van der Waals surface area (Å²) in [6.45, 7) is 0.631. The number of hydrogen-bond donors (Lipinski definition) is 3. The lowest BCUT2D eigenvalue weighted by atomic mass is 9.79. The summed E-state index contributed by atoms with van der Waals surface area (Å²) in [5.74, 6) is -0.169. The smallest absolute Gasteiger partial charge is 0.221 e. The molecule has 0 unspecified atom stereocenters. The van der Waals surface area contributed by atoms with E-state index in [-0.39, 0.29) is 17.4 Å². The second kappa shape index (κ2) is 8.15. The van der Waals surface area contributed by atoms with Crippen LogP contribution in [-0.4, -0.2) is 30.9 Å². The van der Waals surface area contributed by atoms with Gasteiger partial charge in [0.15, 0.2) is 0 Å². The summed E-state index contributed by atoms with van der Waals surface area (Å²) in [5.41, 5.74) is 5.05. The second-order valence-corrected chi connectivity index (χ2v) is 5.54. The minimum Gasteiger partial charge on any atom is -0.370 e. The Bertz CT molecular complexity index is 299. The van der Waals surface area contributed by atoms with Gasteiger partial charge in [0, 0.05) is 24.9 Å². The second-order valence-electron chi connectivity index (χ2n) is 5.54. The first-order valence-electron chi connectivity index (χ1n) is 7.32. The molecule has 5 heteroatoms. The van der Waals surface area contributed by atoms with Crippen LogP contribution in [0.25, 0.3) is 0 Å². The van der Waals surface area contributed by atoms with E-state index in [9.17, 15) is 9.59 Å². The molecule has 1 aliphatic carbocycles. The van der Waals surface area contributed by atoms with Gasteiger partial charge in [-0.1, -0.05) is 19.3 Å². The Labute approximate surface area is 115 Å². The highest BCUT2D eigenvalue weighted by molar-refractivity contribution is 5.77. The Hall–Kier alpha value is -1.10. The zero-order chi connectivity index (χ0) is 14.1. The maximum Gasteiger partial charge on any atom is 0.221 e. The van der Waals surface area contributed by atoms with Crippen molar-refractivity contribution in [1.82, 2.24) is 10.6 Å². The molecule has 1 saturated carbocycles. The predicted molar refractivity (Wildman–Crippen MR) is 75.5 cm³/mol. The topological polar surface area (TPSA) is 84.2 Å². The molecule has 0 aromatic carbocycles. The number of nitrogens with one attached hydrogen (secondary N) is 2. The Morgan fingerprint density at radius 3 is 2.42 bits per heavy atom. The predicted octanol–water partition coefficient (Wildman–Crippen LogP) is 1.07. The van der Waals surface area contributed by atoms with Gasteiger partial charge >= 0.3 is 0 Å². The molecule has 0 radical (unpaired) electrons. The molecular formula is C14H27N3O2. The van der Waals surface area contributed by atoms with Crippen molar-refractivity contribution >= 4 is 11.8 Å². The van der Waals surface area contributed by atoms with Crippen LogP contribution in [0.4, 0.5) is 0 Å². The summed E-state index contributed by atoms with van der Waals surface area (Å²) in [5, 5.41) is 6.27. The standard InChI is InChI=1S/C14H27N3O2/c1-16-14(8-4-2-5-9-14)11-13(19)17-10-6-3-7-12(15)18/h16H,2-11H2,1H3,(H2,15,18)(H,17,19). The molecular weight excluding hydrogens is 242 g/mol. The van der Waals surface area contributed by atoms with Gasteiger partial charge in [0.25, 0.3) is 0 Å². The lowest BCUT2D eigenvalue weighted by Crippen LogP contribution is -2.48. The molecule has 0 saturated heterocycles. The van der Waals surface area contributed by atoms with E-state index in [1.807, 2.05) is 7.05 Å². The molecule has 1 rings (SSSR count). The third-order valence-corrected chi connectivity index (χ3v) is 4.01. The molecule has 0 aliphatic heterocycles. The van der Waals surface area contributed by atoms with Crippen LogP contribution in [0, 0.1) is 0 Å². The summed E-state index contributed by atoms with van der Waals surface area (Å²) >= 11 is 0. The van der Waals surface area contributed by atoms with Gasteiger partial charge in [-0.05, 0) is 32.7 Å². The van der Waals surface area contributed by atoms with Crippen molar-refractivity contribution in [3.05, 3.63) is 0 Å². The normalized spacial score (nSPS) is 17.9. The first-order valence-corrected chi connectivity index (χ1v) is 7.32. The van der Waals surface area contributed by atoms with Crippen molar-refractivity contribution in [2.24, 2.45) is 5.73 Å². The molecule has 0 atom stereocenters. The van der Waals surface area contributed by atoms with E-state index in [2.05, 4.69) is 10.6 Å². The molecule has 0 aromatic rings. The zero-order valence-electron chi connectivity index (χ0n) is 12.0. The van der Waals surface area contributed by atoms with E-state index < -0.39 is 0 Å². The third-order valence-electron chi connectivity index (χ3n) is 4.01. The highest BCUT2D eigenvalue weighted by atomic mass is 16.2. The van der Waals surface area contributed by atoms with Crippen LogP contribution < -0.4 is 16.4 Å². The number of carbonyl (C=O) groups is 2. The number of primary amides is 1. The van der Waals surface area contributed by atoms with E-state index >= 15 is 0 Å². The number of hydrogen-bond acceptors (Lipinski definition) is 3. The van der Waals surface area contributed by atoms with Gasteiger partial charge in [-0.2, -0.15) is 0 Å². The van der Waals surface area contributed by atoms with E-state index in [0.717, 1.165) is 25.7 Å². The fourth-order valence-electron chi connectivity index (χ4n) is 2.77. The number of carbonyl (C=O) groups excluding carboxylic acids is 2. The molecule has 2 amide bonds. The maximum absolute atomic E-state index is 11.9. The monoisotopic (exact) mass is 269 g/mol. The van der Waals surface area contributed by atoms with Gasteiger partial charge in [0.2, 0.25) is 11.8 Å². The van der Waals surface area contributed by atoms with Crippen molar-refractivity contribution in [2.45, 2.75) is 63.3 Å². The molecule has 110 valence electrons. The van der Waals surface area contributed by atoms with Gasteiger partial charge in [-0.3, -0.25) is 9.59 Å². The first kappa shape index (κ1) is 16.0. The Kier molecular flexibility index (Phi) is 6.84. The summed E-state index contributed by atoms with van der Waals surface area (Å²) in [6, 6.07) is 0. The van der Waals surface area contributed by atoms with E-state index in [1.165, 1.54) is 19.3 Å². The van der Waals surface area contributed by atoms with Crippen molar-refractivity contribution < 1.29 is 9.59 Å². The minimum atomic E-state index is -0.275. The summed E-state index contributed by atoms with van der Waals surface area (Å²) < 4.78 is 0. The van der Waals surface area contributed by atoms with Crippen LogP contribution in [0.2, 0.25) is 0 Å². The quantitative estimate of drug-likeness (QED) is 0.576. The van der Waals surface area contributed by atoms with Crippen LogP contribution in [0.1, 0.15) is 57.8 Å². The van der Waals surface area contributed by atoms with E-state index in [4.69, 9.17) is 5.73 Å². The van der Waals surface area contributed by atoms with Crippen molar-refractivity contribution in [2.75, 3.05) is 13.6 Å². The maximum atomic E-state index is 11.9. The Morgan fingerprint density at radius 2 is 1.84 bits per heavy atom. The first-order chi connectivity index (χ1) is 9.08. The molecule has 19 heavy (non-hydrogen) atoms. The molecule has 0 bridgehead atoms. The van der Waals surface area contributed by atoms with E-state index in [1.54, 1.807) is 0 Å². The molecule has 0 heterocycles. The van der Waals surface area contributed by atoms with Crippen LogP contribution in [0.3, 0.4) is 0 Å². The molecule has 1 aliphatic rings. The van der Waals surface area contributed by atoms with Gasteiger partial charge in [-0.25, -0.2) is 0 Å². The molecule has 1 fully saturated rings. The lowest BCUT2D eigenvalue weighted by Gasteiger charge is -2.36. The molecule has 4 N–H and O–H groups in total. The van der Waals surface area contributed by atoms with Crippen LogP contribution in [-0.2, 0) is 9.59 Å². The largest absolute Gasteiger partial charge is 0.370 e. The minimum absolute atomic E-state index is 0.00441. The zero-order valence-corrected chi connectivity index (χ0v) is 12.0. The summed E-state index contributed by atoms with van der Waals surface area (Å²) in [4.78, 5) is 22.5. The molecule has 0 aromatic heterocycles. The number of rotatable bonds is 8. The Balaban J connectivity index is 2.20. The fraction of sp³-hybridized carbons (Fsp3) is 0.857.